The van der Waals surface area contributed by atoms with Gasteiger partial charge >= 0.3 is 0 Å². The van der Waals surface area contributed by atoms with Crippen LogP contribution in [0.1, 0.15) is 48.9 Å². The first kappa shape index (κ1) is 30.9. The van der Waals surface area contributed by atoms with Crippen molar-refractivity contribution in [2.45, 2.75) is 44.6 Å². The zero-order chi connectivity index (χ0) is 34.8. The third-order valence-electron chi connectivity index (χ3n) is 11.9. The summed E-state index contributed by atoms with van der Waals surface area (Å²) in [5.41, 5.74) is 15.8. The van der Waals surface area contributed by atoms with Gasteiger partial charge in [0.25, 0.3) is 0 Å². The van der Waals surface area contributed by atoms with Gasteiger partial charge < -0.3 is 4.90 Å². The third-order valence-corrected chi connectivity index (χ3v) is 11.9. The lowest BCUT2D eigenvalue weighted by Crippen LogP contribution is -2.30. The predicted molar refractivity (Wildman–Crippen MR) is 223 cm³/mol. The zero-order valence-electron chi connectivity index (χ0n) is 29.8. The second-order valence-corrected chi connectivity index (χ2v) is 15.1. The molecule has 0 spiro atoms. The number of anilines is 2. The highest BCUT2D eigenvalue weighted by molar-refractivity contribution is 6.17. The molecule has 0 heterocycles. The van der Waals surface area contributed by atoms with Crippen LogP contribution in [0.2, 0.25) is 0 Å². The molecule has 7 aromatic rings. The SMILES string of the molecule is CC1(C)c2ccccc2-c2ccc(N(c3ccc(-c4ccc(-c5cccc6c5c5c(c7ccccc76)CCC=C5)cc4)cc3)C3C=CC=CC3)cc21. The minimum absolute atomic E-state index is 0.0399. The van der Waals surface area contributed by atoms with Crippen molar-refractivity contribution < 1.29 is 0 Å². The molecule has 7 aromatic carbocycles. The monoisotopic (exact) mass is 667 g/mol. The predicted octanol–water partition coefficient (Wildman–Crippen LogP) is 13.6. The summed E-state index contributed by atoms with van der Waals surface area (Å²) >= 11 is 0. The molecule has 250 valence electrons. The van der Waals surface area contributed by atoms with Gasteiger partial charge in [-0.25, -0.2) is 0 Å². The fourth-order valence-electron chi connectivity index (χ4n) is 9.26. The van der Waals surface area contributed by atoms with Crippen LogP contribution in [-0.4, -0.2) is 6.04 Å². The Morgan fingerprint density at radius 1 is 0.558 bits per heavy atom. The molecule has 0 bridgehead atoms. The van der Waals surface area contributed by atoms with Crippen molar-refractivity contribution in [2.24, 2.45) is 0 Å². The van der Waals surface area contributed by atoms with E-state index in [0.29, 0.717) is 0 Å². The molecule has 10 rings (SSSR count). The van der Waals surface area contributed by atoms with E-state index in [1.165, 1.54) is 88.6 Å². The van der Waals surface area contributed by atoms with Crippen molar-refractivity contribution in [1.29, 1.82) is 0 Å². The smallest absolute Gasteiger partial charge is 0.0559 e. The summed E-state index contributed by atoms with van der Waals surface area (Å²) < 4.78 is 0. The number of benzene rings is 7. The van der Waals surface area contributed by atoms with E-state index >= 15 is 0 Å². The summed E-state index contributed by atoms with van der Waals surface area (Å²) in [6.07, 6.45) is 16.8. The summed E-state index contributed by atoms with van der Waals surface area (Å²) in [5, 5.41) is 5.45. The van der Waals surface area contributed by atoms with Crippen LogP contribution in [-0.2, 0) is 11.8 Å². The Hall–Kier alpha value is -5.92. The minimum Gasteiger partial charge on any atom is -0.334 e. The molecule has 0 radical (unpaired) electrons. The van der Waals surface area contributed by atoms with Crippen LogP contribution < -0.4 is 4.90 Å². The number of hydrogen-bond acceptors (Lipinski definition) is 1. The molecular formula is C51H41N. The second kappa shape index (κ2) is 12.1. The molecule has 3 aliphatic carbocycles. The van der Waals surface area contributed by atoms with Gasteiger partial charge in [0.2, 0.25) is 0 Å². The maximum atomic E-state index is 2.52. The topological polar surface area (TPSA) is 3.24 Å². The fraction of sp³-hybridized carbons (Fsp3) is 0.137. The highest BCUT2D eigenvalue weighted by Gasteiger charge is 2.36. The van der Waals surface area contributed by atoms with Crippen LogP contribution in [0.15, 0.2) is 164 Å². The van der Waals surface area contributed by atoms with E-state index in [-0.39, 0.29) is 11.5 Å². The normalized spacial score (nSPS) is 16.5. The maximum absolute atomic E-state index is 2.52. The van der Waals surface area contributed by atoms with E-state index in [2.05, 4.69) is 189 Å². The van der Waals surface area contributed by atoms with E-state index in [1.54, 1.807) is 0 Å². The Bertz CT molecular complexity index is 2610. The van der Waals surface area contributed by atoms with E-state index in [9.17, 15) is 0 Å². The standard InChI is InChI=1S/C51H41N/c1-51(2)48-22-11-10-18-44(48)45-32-31-39(33-49(45)51)52(37-13-4-3-5-14-37)38-29-27-35(28-30-38)34-23-25-36(26-24-34)40-20-12-21-47-43-16-7-6-15-41(43)42-17-8-9-19-46(42)50(40)47/h3-7,9-13,15-16,18-33,37H,8,14,17H2,1-2H3. The molecule has 3 aliphatic rings. The number of hydrogen-bond donors (Lipinski definition) is 0. The lowest BCUT2D eigenvalue weighted by atomic mass is 9.82. The molecule has 0 amide bonds. The first-order valence-electron chi connectivity index (χ1n) is 18.8. The van der Waals surface area contributed by atoms with Crippen molar-refractivity contribution in [2.75, 3.05) is 4.90 Å². The maximum Gasteiger partial charge on any atom is 0.0559 e. The van der Waals surface area contributed by atoms with Gasteiger partial charge in [-0.1, -0.05) is 159 Å². The fourth-order valence-corrected chi connectivity index (χ4v) is 9.26. The Morgan fingerprint density at radius 2 is 1.23 bits per heavy atom. The number of fused-ring (bicyclic) bond motifs is 9. The summed E-state index contributed by atoms with van der Waals surface area (Å²) in [6.45, 7) is 4.73. The molecule has 0 saturated heterocycles. The average molecular weight is 668 g/mol. The van der Waals surface area contributed by atoms with Crippen LogP contribution in [0.3, 0.4) is 0 Å². The average Bonchev–Trinajstić information content (AvgIpc) is 3.44. The molecule has 52 heavy (non-hydrogen) atoms. The number of rotatable bonds is 5. The van der Waals surface area contributed by atoms with Crippen LogP contribution in [0.5, 0.6) is 0 Å². The van der Waals surface area contributed by atoms with Gasteiger partial charge in [-0.05, 0) is 121 Å². The number of nitrogens with zero attached hydrogens (tertiary/aromatic N) is 1. The van der Waals surface area contributed by atoms with Gasteiger partial charge in [0.15, 0.2) is 0 Å². The largest absolute Gasteiger partial charge is 0.334 e. The molecule has 0 fully saturated rings. The molecule has 1 nitrogen and oxygen atoms in total. The van der Waals surface area contributed by atoms with Crippen LogP contribution in [0.25, 0.3) is 61.0 Å². The minimum atomic E-state index is -0.0399. The third kappa shape index (κ3) is 4.83. The summed E-state index contributed by atoms with van der Waals surface area (Å²) in [5.74, 6) is 0. The molecule has 1 unspecified atom stereocenters. The lowest BCUT2D eigenvalue weighted by Gasteiger charge is -2.34. The van der Waals surface area contributed by atoms with E-state index < -0.39 is 0 Å². The summed E-state index contributed by atoms with van der Waals surface area (Å²) in [4.78, 5) is 2.52. The highest BCUT2D eigenvalue weighted by atomic mass is 15.2. The van der Waals surface area contributed by atoms with Gasteiger partial charge in [-0.15, -0.1) is 0 Å². The first-order chi connectivity index (χ1) is 25.6. The van der Waals surface area contributed by atoms with Gasteiger partial charge in [0, 0.05) is 16.8 Å². The quantitative estimate of drug-likeness (QED) is 0.165. The van der Waals surface area contributed by atoms with Crippen molar-refractivity contribution in [3.8, 4) is 33.4 Å². The van der Waals surface area contributed by atoms with Crippen molar-refractivity contribution >= 4 is 39.0 Å². The van der Waals surface area contributed by atoms with Crippen LogP contribution >= 0.6 is 0 Å². The van der Waals surface area contributed by atoms with Crippen LogP contribution in [0, 0.1) is 0 Å². The molecule has 1 heteroatoms. The lowest BCUT2D eigenvalue weighted by molar-refractivity contribution is 0.659. The van der Waals surface area contributed by atoms with E-state index in [1.807, 2.05) is 0 Å². The molecule has 0 aliphatic heterocycles. The Labute approximate surface area is 306 Å². The first-order valence-corrected chi connectivity index (χ1v) is 18.8. The van der Waals surface area contributed by atoms with Crippen molar-refractivity contribution in [3.63, 3.8) is 0 Å². The molecular weight excluding hydrogens is 627 g/mol. The Kier molecular flexibility index (Phi) is 7.18. The van der Waals surface area contributed by atoms with E-state index in [4.69, 9.17) is 0 Å². The molecule has 0 N–H and O–H groups in total. The van der Waals surface area contributed by atoms with Crippen molar-refractivity contribution in [3.05, 3.63) is 186 Å². The number of aryl methyl sites for hydroxylation is 1. The Balaban J connectivity index is 1.00. The van der Waals surface area contributed by atoms with Crippen LogP contribution in [0.4, 0.5) is 11.4 Å². The number of allylic oxidation sites excluding steroid dienone is 3. The van der Waals surface area contributed by atoms with Crippen molar-refractivity contribution in [1.82, 2.24) is 0 Å². The molecule has 1 atom stereocenters. The summed E-state index contributed by atoms with van der Waals surface area (Å²) in [7, 11) is 0. The molecule has 0 aromatic heterocycles. The van der Waals surface area contributed by atoms with Gasteiger partial charge in [-0.3, -0.25) is 0 Å². The second-order valence-electron chi connectivity index (χ2n) is 15.1. The highest BCUT2D eigenvalue weighted by Crippen LogP contribution is 2.50. The zero-order valence-corrected chi connectivity index (χ0v) is 29.8. The van der Waals surface area contributed by atoms with Gasteiger partial charge in [-0.2, -0.15) is 0 Å². The van der Waals surface area contributed by atoms with E-state index in [0.717, 1.165) is 19.3 Å². The summed E-state index contributed by atoms with van der Waals surface area (Å²) in [6, 6.07) is 50.4. The Morgan fingerprint density at radius 3 is 2.04 bits per heavy atom. The van der Waals surface area contributed by atoms with Gasteiger partial charge in [0.1, 0.15) is 0 Å². The molecule has 0 saturated carbocycles. The van der Waals surface area contributed by atoms with Gasteiger partial charge in [0.05, 0.1) is 6.04 Å².